The number of benzene rings is 1. The summed E-state index contributed by atoms with van der Waals surface area (Å²) in [6.07, 6.45) is 1.69. The molecule has 3 amide bonds. The van der Waals surface area contributed by atoms with E-state index < -0.39 is 29.6 Å². The van der Waals surface area contributed by atoms with Crippen LogP contribution in [0.1, 0.15) is 35.1 Å². The Bertz CT molecular complexity index is 1270. The van der Waals surface area contributed by atoms with E-state index in [1.807, 2.05) is 13.0 Å². The Kier molecular flexibility index (Phi) is 6.52. The standard InChI is InChI=1S/C22H25N3O7/c1-10-9-31-18-12(3)19-14(7-13(10)18)11(2)15(21(29)32-19)8-17(26)25-16(20(27)28)5-4-6-24-22(23)30/h7,9,16H,4-6,8H2,1-3H3,(H,25,26)(H,27,28)(H3,23,24,30)/t16-/m0/s1. The number of carbonyl (C=O) groups excluding carboxylic acids is 2. The highest BCUT2D eigenvalue weighted by Gasteiger charge is 2.23. The monoisotopic (exact) mass is 443 g/mol. The highest BCUT2D eigenvalue weighted by Crippen LogP contribution is 2.32. The molecule has 5 N–H and O–H groups in total. The number of carboxylic acids is 1. The quantitative estimate of drug-likeness (QED) is 0.305. The molecular weight excluding hydrogens is 418 g/mol. The highest BCUT2D eigenvalue weighted by atomic mass is 16.4. The first-order valence-electron chi connectivity index (χ1n) is 10.1. The summed E-state index contributed by atoms with van der Waals surface area (Å²) in [5.74, 6) is -1.83. The lowest BCUT2D eigenvalue weighted by Crippen LogP contribution is -2.42. The Morgan fingerprint density at radius 2 is 1.84 bits per heavy atom. The van der Waals surface area contributed by atoms with Crippen molar-refractivity contribution in [3.8, 4) is 0 Å². The van der Waals surface area contributed by atoms with Crippen LogP contribution in [0.5, 0.6) is 0 Å². The van der Waals surface area contributed by atoms with Gasteiger partial charge in [0.15, 0.2) is 0 Å². The summed E-state index contributed by atoms with van der Waals surface area (Å²) < 4.78 is 11.1. The molecule has 2 heterocycles. The van der Waals surface area contributed by atoms with E-state index in [1.54, 1.807) is 20.1 Å². The van der Waals surface area contributed by atoms with E-state index in [9.17, 15) is 24.3 Å². The van der Waals surface area contributed by atoms with Crippen molar-refractivity contribution < 1.29 is 28.3 Å². The third-order valence-electron chi connectivity index (χ3n) is 5.47. The van der Waals surface area contributed by atoms with Crippen LogP contribution in [0, 0.1) is 20.8 Å². The van der Waals surface area contributed by atoms with E-state index in [1.165, 1.54) is 0 Å². The van der Waals surface area contributed by atoms with Gasteiger partial charge in [0.1, 0.15) is 17.2 Å². The number of amides is 3. The van der Waals surface area contributed by atoms with Crippen LogP contribution in [-0.2, 0) is 16.0 Å². The first-order chi connectivity index (χ1) is 15.1. The van der Waals surface area contributed by atoms with Crippen LogP contribution >= 0.6 is 0 Å². The van der Waals surface area contributed by atoms with Gasteiger partial charge < -0.3 is 30.3 Å². The fraction of sp³-hybridized carbons (Fsp3) is 0.364. The number of aryl methyl sites for hydroxylation is 3. The maximum Gasteiger partial charge on any atom is 0.340 e. The number of hydrogen-bond acceptors (Lipinski definition) is 6. The zero-order valence-electron chi connectivity index (χ0n) is 18.0. The number of aliphatic carboxylic acids is 1. The molecule has 10 heteroatoms. The van der Waals surface area contributed by atoms with Crippen molar-refractivity contribution in [1.29, 1.82) is 0 Å². The topological polar surface area (TPSA) is 165 Å². The number of carbonyl (C=O) groups is 3. The maximum absolute atomic E-state index is 12.6. The number of furan rings is 1. The number of hydrogen-bond donors (Lipinski definition) is 4. The molecule has 0 aliphatic rings. The minimum Gasteiger partial charge on any atom is -0.480 e. The Hall–Kier alpha value is -3.82. The van der Waals surface area contributed by atoms with Gasteiger partial charge in [-0.05, 0) is 50.8 Å². The number of nitrogens with one attached hydrogen (secondary N) is 2. The molecular formula is C22H25N3O7. The van der Waals surface area contributed by atoms with Gasteiger partial charge in [0.05, 0.1) is 18.2 Å². The fourth-order valence-electron chi connectivity index (χ4n) is 3.70. The molecule has 0 spiro atoms. The van der Waals surface area contributed by atoms with Crippen LogP contribution in [0.3, 0.4) is 0 Å². The summed E-state index contributed by atoms with van der Waals surface area (Å²) in [4.78, 5) is 47.3. The van der Waals surface area contributed by atoms with Gasteiger partial charge in [0, 0.05) is 22.9 Å². The second-order valence-corrected chi connectivity index (χ2v) is 7.74. The van der Waals surface area contributed by atoms with Crippen molar-refractivity contribution in [3.63, 3.8) is 0 Å². The van der Waals surface area contributed by atoms with E-state index >= 15 is 0 Å². The number of fused-ring (bicyclic) bond motifs is 2. The average molecular weight is 443 g/mol. The molecule has 0 saturated carbocycles. The van der Waals surface area contributed by atoms with Gasteiger partial charge in [0.25, 0.3) is 0 Å². The van der Waals surface area contributed by atoms with Gasteiger partial charge in [-0.25, -0.2) is 14.4 Å². The number of rotatable bonds is 8. The van der Waals surface area contributed by atoms with Crippen molar-refractivity contribution in [2.24, 2.45) is 5.73 Å². The SMILES string of the molecule is Cc1coc2c(C)c3oc(=O)c(CC(=O)N[C@@H](CCCNC(N)=O)C(=O)O)c(C)c3cc12. The molecule has 0 radical (unpaired) electrons. The minimum absolute atomic E-state index is 0.0869. The third-order valence-corrected chi connectivity index (χ3v) is 5.47. The molecule has 3 rings (SSSR count). The summed E-state index contributed by atoms with van der Waals surface area (Å²) >= 11 is 0. The third kappa shape index (κ3) is 4.58. The van der Waals surface area contributed by atoms with Gasteiger partial charge in [-0.15, -0.1) is 0 Å². The molecule has 1 atom stereocenters. The Morgan fingerprint density at radius 3 is 2.50 bits per heavy atom. The van der Waals surface area contributed by atoms with Crippen LogP contribution in [-0.4, -0.2) is 35.6 Å². The number of carboxylic acid groups (broad SMARTS) is 1. The summed E-state index contributed by atoms with van der Waals surface area (Å²) in [5, 5.41) is 15.7. The lowest BCUT2D eigenvalue weighted by molar-refractivity contribution is -0.141. The maximum atomic E-state index is 12.6. The van der Waals surface area contributed by atoms with Gasteiger partial charge >= 0.3 is 17.6 Å². The molecule has 0 aliphatic carbocycles. The predicted molar refractivity (Wildman–Crippen MR) is 117 cm³/mol. The van der Waals surface area contributed by atoms with E-state index in [2.05, 4.69) is 10.6 Å². The molecule has 1 aromatic carbocycles. The normalized spacial score (nSPS) is 12.1. The van der Waals surface area contributed by atoms with Crippen molar-refractivity contribution in [2.75, 3.05) is 6.54 Å². The molecule has 0 fully saturated rings. The molecule has 0 saturated heterocycles. The van der Waals surface area contributed by atoms with Gasteiger partial charge in [-0.1, -0.05) is 0 Å². The lowest BCUT2D eigenvalue weighted by Gasteiger charge is -2.15. The Balaban J connectivity index is 1.84. The largest absolute Gasteiger partial charge is 0.480 e. The minimum atomic E-state index is -1.21. The van der Waals surface area contributed by atoms with Crippen LogP contribution < -0.4 is 22.0 Å². The summed E-state index contributed by atoms with van der Waals surface area (Å²) in [7, 11) is 0. The fourth-order valence-corrected chi connectivity index (χ4v) is 3.70. The van der Waals surface area contributed by atoms with Crippen molar-refractivity contribution in [1.82, 2.24) is 10.6 Å². The van der Waals surface area contributed by atoms with Crippen molar-refractivity contribution >= 4 is 39.8 Å². The van der Waals surface area contributed by atoms with Crippen LogP contribution in [0.15, 0.2) is 26.0 Å². The van der Waals surface area contributed by atoms with Crippen LogP contribution in [0.2, 0.25) is 0 Å². The zero-order chi connectivity index (χ0) is 23.6. The molecule has 32 heavy (non-hydrogen) atoms. The molecule has 3 aromatic rings. The first kappa shape index (κ1) is 22.9. The van der Waals surface area contributed by atoms with E-state index in [-0.39, 0.29) is 24.9 Å². The van der Waals surface area contributed by atoms with E-state index in [0.29, 0.717) is 34.1 Å². The lowest BCUT2D eigenvalue weighted by atomic mass is 9.99. The summed E-state index contributed by atoms with van der Waals surface area (Å²) in [5.41, 5.74) is 7.72. The zero-order valence-corrected chi connectivity index (χ0v) is 18.0. The van der Waals surface area contributed by atoms with Crippen LogP contribution in [0.4, 0.5) is 4.79 Å². The Morgan fingerprint density at radius 1 is 1.12 bits per heavy atom. The van der Waals surface area contributed by atoms with E-state index in [4.69, 9.17) is 14.6 Å². The average Bonchev–Trinajstić information content (AvgIpc) is 3.09. The smallest absolute Gasteiger partial charge is 0.340 e. The van der Waals surface area contributed by atoms with Crippen molar-refractivity contribution in [3.05, 3.63) is 45.0 Å². The molecule has 170 valence electrons. The number of primary amides is 1. The summed E-state index contributed by atoms with van der Waals surface area (Å²) in [6.45, 7) is 5.62. The number of urea groups is 1. The molecule has 0 aliphatic heterocycles. The van der Waals surface area contributed by atoms with Gasteiger partial charge in [0.2, 0.25) is 5.91 Å². The van der Waals surface area contributed by atoms with Crippen molar-refractivity contribution in [2.45, 2.75) is 46.1 Å². The number of nitrogens with two attached hydrogens (primary N) is 1. The van der Waals surface area contributed by atoms with E-state index in [0.717, 1.165) is 10.9 Å². The Labute approximate surface area is 182 Å². The second kappa shape index (κ2) is 9.13. The summed E-state index contributed by atoms with van der Waals surface area (Å²) in [6, 6.07) is -0.0138. The second-order valence-electron chi connectivity index (χ2n) is 7.74. The molecule has 2 aromatic heterocycles. The first-order valence-corrected chi connectivity index (χ1v) is 10.1. The molecule has 0 bridgehead atoms. The predicted octanol–water partition coefficient (Wildman–Crippen LogP) is 2.02. The molecule has 10 nitrogen and oxygen atoms in total. The van der Waals surface area contributed by atoms with Gasteiger partial charge in [-0.2, -0.15) is 0 Å². The van der Waals surface area contributed by atoms with Gasteiger partial charge in [-0.3, -0.25) is 4.79 Å². The van der Waals surface area contributed by atoms with Crippen LogP contribution in [0.25, 0.3) is 21.9 Å². The molecule has 0 unspecified atom stereocenters. The highest BCUT2D eigenvalue weighted by molar-refractivity contribution is 6.00.